The summed E-state index contributed by atoms with van der Waals surface area (Å²) in [6.07, 6.45) is 1.35. The van der Waals surface area contributed by atoms with Crippen molar-refractivity contribution in [1.29, 1.82) is 0 Å². The summed E-state index contributed by atoms with van der Waals surface area (Å²) in [5.41, 5.74) is 0. The van der Waals surface area contributed by atoms with Gasteiger partial charge < -0.3 is 25.3 Å². The minimum Gasteiger partial charge on any atom is -0.459 e. The third kappa shape index (κ3) is 3.86. The zero-order valence-electron chi connectivity index (χ0n) is 9.92. The molecule has 100 valence electrons. The number of hydrogen-bond acceptors (Lipinski definition) is 5. The first-order valence-corrected chi connectivity index (χ1v) is 5.45. The van der Waals surface area contributed by atoms with E-state index in [2.05, 4.69) is 10.6 Å². The first-order chi connectivity index (χ1) is 8.58. The number of aliphatic hydroxyl groups excluding tert-OH is 2. The van der Waals surface area contributed by atoms with Gasteiger partial charge in [0.05, 0.1) is 25.5 Å². The molecule has 0 spiro atoms. The number of carbonyl (C=O) groups is 2. The zero-order valence-corrected chi connectivity index (χ0v) is 9.92. The Hall–Kier alpha value is -1.86. The van der Waals surface area contributed by atoms with Crippen LogP contribution in [0.25, 0.3) is 0 Å². The first kappa shape index (κ1) is 14.2. The maximum absolute atomic E-state index is 11.6. The van der Waals surface area contributed by atoms with Crippen molar-refractivity contribution in [3.05, 3.63) is 24.2 Å². The molecule has 18 heavy (non-hydrogen) atoms. The van der Waals surface area contributed by atoms with Crippen LogP contribution >= 0.6 is 0 Å². The van der Waals surface area contributed by atoms with Crippen LogP contribution in [0.1, 0.15) is 17.5 Å². The van der Waals surface area contributed by atoms with Crippen molar-refractivity contribution >= 4 is 11.8 Å². The van der Waals surface area contributed by atoms with Crippen LogP contribution < -0.4 is 10.6 Å². The van der Waals surface area contributed by atoms with E-state index in [9.17, 15) is 9.59 Å². The van der Waals surface area contributed by atoms with E-state index < -0.39 is 23.9 Å². The molecular formula is C11H16N2O5. The fourth-order valence-electron chi connectivity index (χ4n) is 1.22. The Balaban J connectivity index is 2.47. The molecule has 1 atom stereocenters. The van der Waals surface area contributed by atoms with E-state index in [1.165, 1.54) is 19.3 Å². The SMILES string of the molecule is CC(NC(=O)c1ccco1)C(=O)NC(CO)CO. The van der Waals surface area contributed by atoms with Crippen LogP contribution in [-0.2, 0) is 4.79 Å². The Morgan fingerprint density at radius 1 is 1.33 bits per heavy atom. The maximum atomic E-state index is 11.6. The third-order valence-corrected chi connectivity index (χ3v) is 2.27. The normalized spacial score (nSPS) is 12.2. The predicted molar refractivity (Wildman–Crippen MR) is 61.7 cm³/mol. The molecule has 0 aliphatic carbocycles. The number of hydrogen-bond donors (Lipinski definition) is 4. The highest BCUT2D eigenvalue weighted by Crippen LogP contribution is 2.00. The highest BCUT2D eigenvalue weighted by atomic mass is 16.3. The Labute approximate surface area is 104 Å². The molecule has 2 amide bonds. The van der Waals surface area contributed by atoms with Gasteiger partial charge in [-0.05, 0) is 19.1 Å². The molecule has 0 aromatic carbocycles. The molecule has 0 radical (unpaired) electrons. The Bertz CT molecular complexity index is 386. The molecule has 1 heterocycles. The summed E-state index contributed by atoms with van der Waals surface area (Å²) < 4.78 is 4.88. The molecular weight excluding hydrogens is 240 g/mol. The van der Waals surface area contributed by atoms with Gasteiger partial charge in [-0.2, -0.15) is 0 Å². The molecule has 7 nitrogen and oxygen atoms in total. The van der Waals surface area contributed by atoms with E-state index in [0.717, 1.165) is 0 Å². The molecule has 0 bridgehead atoms. The average Bonchev–Trinajstić information content (AvgIpc) is 2.89. The lowest BCUT2D eigenvalue weighted by Crippen LogP contribution is -2.50. The molecule has 4 N–H and O–H groups in total. The van der Waals surface area contributed by atoms with Gasteiger partial charge in [0.1, 0.15) is 6.04 Å². The molecule has 0 saturated heterocycles. The summed E-state index contributed by atoms with van der Waals surface area (Å²) in [6.45, 7) is 0.740. The summed E-state index contributed by atoms with van der Waals surface area (Å²) in [5, 5.41) is 22.4. The van der Waals surface area contributed by atoms with Crippen LogP contribution in [0.15, 0.2) is 22.8 Å². The Morgan fingerprint density at radius 3 is 2.50 bits per heavy atom. The molecule has 1 rings (SSSR count). The van der Waals surface area contributed by atoms with E-state index in [4.69, 9.17) is 14.6 Å². The van der Waals surface area contributed by atoms with Gasteiger partial charge in [0.2, 0.25) is 5.91 Å². The van der Waals surface area contributed by atoms with Crippen LogP contribution in [0, 0.1) is 0 Å². The number of amides is 2. The summed E-state index contributed by atoms with van der Waals surface area (Å²) in [6, 6.07) is 1.50. The molecule has 1 aromatic heterocycles. The van der Waals surface area contributed by atoms with Crippen molar-refractivity contribution in [2.24, 2.45) is 0 Å². The summed E-state index contributed by atoms with van der Waals surface area (Å²) in [5.74, 6) is -0.897. The average molecular weight is 256 g/mol. The van der Waals surface area contributed by atoms with Crippen molar-refractivity contribution in [2.75, 3.05) is 13.2 Å². The van der Waals surface area contributed by atoms with Crippen LogP contribution in [0.5, 0.6) is 0 Å². The predicted octanol–water partition coefficient (Wildman–Crippen LogP) is -1.13. The van der Waals surface area contributed by atoms with Crippen molar-refractivity contribution in [2.45, 2.75) is 19.0 Å². The second kappa shape index (κ2) is 6.77. The molecule has 7 heteroatoms. The van der Waals surface area contributed by atoms with Crippen LogP contribution in [0.2, 0.25) is 0 Å². The van der Waals surface area contributed by atoms with E-state index in [1.54, 1.807) is 6.07 Å². The Kier molecular flexibility index (Phi) is 5.34. The zero-order chi connectivity index (χ0) is 13.5. The van der Waals surface area contributed by atoms with Crippen LogP contribution in [-0.4, -0.2) is 47.3 Å². The van der Waals surface area contributed by atoms with E-state index in [1.807, 2.05) is 0 Å². The van der Waals surface area contributed by atoms with Crippen LogP contribution in [0.4, 0.5) is 0 Å². The number of furan rings is 1. The number of carbonyl (C=O) groups excluding carboxylic acids is 2. The molecule has 0 aliphatic rings. The lowest BCUT2D eigenvalue weighted by atomic mass is 10.2. The van der Waals surface area contributed by atoms with Gasteiger partial charge in [-0.25, -0.2) is 0 Å². The molecule has 0 saturated carbocycles. The highest BCUT2D eigenvalue weighted by molar-refractivity contribution is 5.95. The highest BCUT2D eigenvalue weighted by Gasteiger charge is 2.20. The molecule has 1 aromatic rings. The molecule has 1 unspecified atom stereocenters. The molecule has 0 aliphatic heterocycles. The topological polar surface area (TPSA) is 112 Å². The fraction of sp³-hybridized carbons (Fsp3) is 0.455. The smallest absolute Gasteiger partial charge is 0.287 e. The number of nitrogens with one attached hydrogen (secondary N) is 2. The monoisotopic (exact) mass is 256 g/mol. The van der Waals surface area contributed by atoms with Gasteiger partial charge in [0.15, 0.2) is 5.76 Å². The van der Waals surface area contributed by atoms with Gasteiger partial charge in [-0.3, -0.25) is 9.59 Å². The van der Waals surface area contributed by atoms with E-state index in [-0.39, 0.29) is 19.0 Å². The van der Waals surface area contributed by atoms with Crippen molar-refractivity contribution < 1.29 is 24.2 Å². The van der Waals surface area contributed by atoms with Gasteiger partial charge in [-0.15, -0.1) is 0 Å². The summed E-state index contributed by atoms with van der Waals surface area (Å²) in [7, 11) is 0. The second-order valence-electron chi connectivity index (χ2n) is 3.74. The third-order valence-electron chi connectivity index (χ3n) is 2.27. The van der Waals surface area contributed by atoms with Crippen molar-refractivity contribution in [3.63, 3.8) is 0 Å². The summed E-state index contributed by atoms with van der Waals surface area (Å²) in [4.78, 5) is 23.2. The molecule has 0 fully saturated rings. The lowest BCUT2D eigenvalue weighted by molar-refractivity contribution is -0.123. The number of aliphatic hydroxyl groups is 2. The van der Waals surface area contributed by atoms with Gasteiger partial charge in [0, 0.05) is 0 Å². The summed E-state index contributed by atoms with van der Waals surface area (Å²) >= 11 is 0. The standard InChI is InChI=1S/C11H16N2O5/c1-7(10(16)13-8(5-14)6-15)12-11(17)9-3-2-4-18-9/h2-4,7-8,14-15H,5-6H2,1H3,(H,12,17)(H,13,16). The van der Waals surface area contributed by atoms with E-state index in [0.29, 0.717) is 0 Å². The maximum Gasteiger partial charge on any atom is 0.287 e. The quantitative estimate of drug-likeness (QED) is 0.514. The minimum absolute atomic E-state index is 0.107. The van der Waals surface area contributed by atoms with Gasteiger partial charge in [0.25, 0.3) is 5.91 Å². The largest absolute Gasteiger partial charge is 0.459 e. The van der Waals surface area contributed by atoms with Crippen molar-refractivity contribution in [1.82, 2.24) is 10.6 Å². The van der Waals surface area contributed by atoms with Gasteiger partial charge >= 0.3 is 0 Å². The number of rotatable bonds is 6. The van der Waals surface area contributed by atoms with Gasteiger partial charge in [-0.1, -0.05) is 0 Å². The lowest BCUT2D eigenvalue weighted by Gasteiger charge is -2.17. The van der Waals surface area contributed by atoms with Crippen molar-refractivity contribution in [3.8, 4) is 0 Å². The Morgan fingerprint density at radius 2 is 2.00 bits per heavy atom. The second-order valence-corrected chi connectivity index (χ2v) is 3.74. The first-order valence-electron chi connectivity index (χ1n) is 5.45. The van der Waals surface area contributed by atoms with E-state index >= 15 is 0 Å². The minimum atomic E-state index is -0.803. The fourth-order valence-corrected chi connectivity index (χ4v) is 1.22. The van der Waals surface area contributed by atoms with Crippen LogP contribution in [0.3, 0.4) is 0 Å².